The van der Waals surface area contributed by atoms with E-state index in [4.69, 9.17) is 9.47 Å². The van der Waals surface area contributed by atoms with E-state index in [0.29, 0.717) is 6.61 Å². The van der Waals surface area contributed by atoms with Crippen LogP contribution in [0.25, 0.3) is 0 Å². The number of nitrogens with one attached hydrogen (secondary N) is 1. The summed E-state index contributed by atoms with van der Waals surface area (Å²) in [5.41, 5.74) is 5.08. The van der Waals surface area contributed by atoms with Gasteiger partial charge in [0.25, 0.3) is 0 Å². The van der Waals surface area contributed by atoms with Crippen LogP contribution >= 0.6 is 0 Å². The minimum absolute atomic E-state index is 0.111. The van der Waals surface area contributed by atoms with E-state index in [-0.39, 0.29) is 18.4 Å². The molecule has 0 saturated carbocycles. The number of ether oxygens (including phenoxy) is 2. The first-order chi connectivity index (χ1) is 13.2. The summed E-state index contributed by atoms with van der Waals surface area (Å²) in [5.74, 6) is 0.544. The summed E-state index contributed by atoms with van der Waals surface area (Å²) in [6.07, 6.45) is 3.77. The number of anilines is 1. The van der Waals surface area contributed by atoms with Crippen LogP contribution in [0.2, 0.25) is 0 Å². The van der Waals surface area contributed by atoms with Gasteiger partial charge in [-0.2, -0.15) is 0 Å². The van der Waals surface area contributed by atoms with E-state index in [0.717, 1.165) is 33.7 Å². The SMILES string of the molecule is COC(=O)Cc1ccc2c(c1)C(Nc1cccnc1)c1ccccc1CO2. The molecule has 0 amide bonds. The lowest BCUT2D eigenvalue weighted by atomic mass is 9.93. The van der Waals surface area contributed by atoms with Crippen molar-refractivity contribution in [3.8, 4) is 5.75 Å². The molecule has 1 N–H and O–H groups in total. The van der Waals surface area contributed by atoms with Crippen molar-refractivity contribution in [2.24, 2.45) is 0 Å². The highest BCUT2D eigenvalue weighted by molar-refractivity contribution is 5.72. The molecule has 27 heavy (non-hydrogen) atoms. The standard InChI is InChI=1S/C22H20N2O3/c1-26-21(25)12-15-8-9-20-19(11-15)22(24-17-6-4-10-23-13-17)18-7-3-2-5-16(18)14-27-20/h2-11,13,22,24H,12,14H2,1H3. The van der Waals surface area contributed by atoms with Crippen molar-refractivity contribution in [3.63, 3.8) is 0 Å². The maximum absolute atomic E-state index is 11.7. The smallest absolute Gasteiger partial charge is 0.309 e. The number of carbonyl (C=O) groups is 1. The molecule has 1 aliphatic rings. The average molecular weight is 360 g/mol. The predicted molar refractivity (Wildman–Crippen MR) is 103 cm³/mol. The largest absolute Gasteiger partial charge is 0.489 e. The van der Waals surface area contributed by atoms with E-state index in [1.165, 1.54) is 7.11 Å². The van der Waals surface area contributed by atoms with E-state index in [1.54, 1.807) is 12.4 Å². The van der Waals surface area contributed by atoms with Crippen LogP contribution in [0.3, 0.4) is 0 Å². The zero-order valence-corrected chi connectivity index (χ0v) is 15.0. The molecule has 0 bridgehead atoms. The van der Waals surface area contributed by atoms with Gasteiger partial charge in [0.05, 0.1) is 25.3 Å². The Morgan fingerprint density at radius 2 is 2.07 bits per heavy atom. The number of benzene rings is 2. The van der Waals surface area contributed by atoms with Crippen LogP contribution in [-0.4, -0.2) is 18.1 Å². The Balaban J connectivity index is 1.79. The number of nitrogens with zero attached hydrogens (tertiary/aromatic N) is 1. The number of hydrogen-bond donors (Lipinski definition) is 1. The van der Waals surface area contributed by atoms with Crippen LogP contribution in [0, 0.1) is 0 Å². The monoisotopic (exact) mass is 360 g/mol. The van der Waals surface area contributed by atoms with Gasteiger partial charge < -0.3 is 14.8 Å². The lowest BCUT2D eigenvalue weighted by Gasteiger charge is -2.22. The zero-order valence-electron chi connectivity index (χ0n) is 15.0. The molecule has 1 unspecified atom stereocenters. The van der Waals surface area contributed by atoms with Crippen molar-refractivity contribution in [1.82, 2.24) is 4.98 Å². The van der Waals surface area contributed by atoms with E-state index in [1.807, 2.05) is 42.5 Å². The van der Waals surface area contributed by atoms with Crippen molar-refractivity contribution in [3.05, 3.63) is 89.2 Å². The molecule has 0 aliphatic carbocycles. The fourth-order valence-electron chi connectivity index (χ4n) is 3.34. The van der Waals surface area contributed by atoms with E-state index >= 15 is 0 Å². The number of pyridine rings is 1. The Kier molecular flexibility index (Phi) is 4.75. The van der Waals surface area contributed by atoms with Crippen LogP contribution < -0.4 is 10.1 Å². The fraction of sp³-hybridized carbons (Fsp3) is 0.182. The van der Waals surface area contributed by atoms with Crippen molar-refractivity contribution < 1.29 is 14.3 Å². The second-order valence-electron chi connectivity index (χ2n) is 6.43. The highest BCUT2D eigenvalue weighted by Gasteiger charge is 2.25. The molecule has 0 radical (unpaired) electrons. The molecular formula is C22H20N2O3. The maximum atomic E-state index is 11.7. The van der Waals surface area contributed by atoms with Gasteiger partial charge in [-0.25, -0.2) is 0 Å². The molecule has 0 fully saturated rings. The van der Waals surface area contributed by atoms with Gasteiger partial charge in [-0.05, 0) is 41.0 Å². The molecular weight excluding hydrogens is 340 g/mol. The Labute approximate surface area is 158 Å². The van der Waals surface area contributed by atoms with Crippen LogP contribution in [0.1, 0.15) is 28.3 Å². The normalized spacial score (nSPS) is 14.9. The topological polar surface area (TPSA) is 60.5 Å². The second-order valence-corrected chi connectivity index (χ2v) is 6.43. The Morgan fingerprint density at radius 1 is 1.19 bits per heavy atom. The Morgan fingerprint density at radius 3 is 2.89 bits per heavy atom. The Hall–Kier alpha value is -3.34. The minimum Gasteiger partial charge on any atom is -0.489 e. The summed E-state index contributed by atoms with van der Waals surface area (Å²) in [7, 11) is 1.40. The third-order valence-corrected chi connectivity index (χ3v) is 4.68. The average Bonchev–Trinajstić information content (AvgIpc) is 2.86. The first-order valence-electron chi connectivity index (χ1n) is 8.81. The van der Waals surface area contributed by atoms with Gasteiger partial charge in [0.1, 0.15) is 12.4 Å². The van der Waals surface area contributed by atoms with Crippen molar-refractivity contribution in [2.45, 2.75) is 19.1 Å². The summed E-state index contributed by atoms with van der Waals surface area (Å²) >= 11 is 0. The molecule has 0 spiro atoms. The second kappa shape index (κ2) is 7.50. The summed E-state index contributed by atoms with van der Waals surface area (Å²) in [6, 6.07) is 17.9. The van der Waals surface area contributed by atoms with Crippen molar-refractivity contribution in [2.75, 3.05) is 12.4 Å². The zero-order chi connectivity index (χ0) is 18.6. The third kappa shape index (κ3) is 3.62. The highest BCUT2D eigenvalue weighted by atomic mass is 16.5. The highest BCUT2D eigenvalue weighted by Crippen LogP contribution is 2.38. The van der Waals surface area contributed by atoms with Gasteiger partial charge in [0.15, 0.2) is 0 Å². The lowest BCUT2D eigenvalue weighted by molar-refractivity contribution is -0.139. The molecule has 4 rings (SSSR count). The number of fused-ring (bicyclic) bond motifs is 2. The van der Waals surface area contributed by atoms with Gasteiger partial charge in [-0.1, -0.05) is 30.3 Å². The molecule has 3 aromatic rings. The molecule has 0 saturated heterocycles. The first kappa shape index (κ1) is 17.1. The quantitative estimate of drug-likeness (QED) is 0.715. The molecule has 2 aromatic carbocycles. The number of carbonyl (C=O) groups excluding carboxylic acids is 1. The van der Waals surface area contributed by atoms with E-state index < -0.39 is 0 Å². The van der Waals surface area contributed by atoms with E-state index in [2.05, 4.69) is 22.4 Å². The van der Waals surface area contributed by atoms with Crippen molar-refractivity contribution in [1.29, 1.82) is 0 Å². The lowest BCUT2D eigenvalue weighted by Crippen LogP contribution is -2.14. The van der Waals surface area contributed by atoms with Gasteiger partial charge in [0.2, 0.25) is 0 Å². The Bertz CT molecular complexity index is 957. The summed E-state index contributed by atoms with van der Waals surface area (Å²) in [4.78, 5) is 15.9. The van der Waals surface area contributed by atoms with Crippen LogP contribution in [-0.2, 0) is 22.6 Å². The number of methoxy groups -OCH3 is 1. The molecule has 1 aromatic heterocycles. The van der Waals surface area contributed by atoms with Gasteiger partial charge in [-0.3, -0.25) is 9.78 Å². The summed E-state index contributed by atoms with van der Waals surface area (Å²) in [6.45, 7) is 0.505. The first-order valence-corrected chi connectivity index (χ1v) is 8.81. The minimum atomic E-state index is -0.262. The number of hydrogen-bond acceptors (Lipinski definition) is 5. The third-order valence-electron chi connectivity index (χ3n) is 4.68. The van der Waals surface area contributed by atoms with Crippen LogP contribution in [0.15, 0.2) is 67.0 Å². The van der Waals surface area contributed by atoms with Gasteiger partial charge >= 0.3 is 5.97 Å². The fourth-order valence-corrected chi connectivity index (χ4v) is 3.34. The summed E-state index contributed by atoms with van der Waals surface area (Å²) < 4.78 is 10.9. The molecule has 2 heterocycles. The van der Waals surface area contributed by atoms with Crippen molar-refractivity contribution >= 4 is 11.7 Å². The van der Waals surface area contributed by atoms with Gasteiger partial charge in [0, 0.05) is 18.0 Å². The molecule has 136 valence electrons. The van der Waals surface area contributed by atoms with E-state index in [9.17, 15) is 4.79 Å². The number of aromatic nitrogens is 1. The molecule has 1 aliphatic heterocycles. The molecule has 1 atom stereocenters. The van der Waals surface area contributed by atoms with Crippen LogP contribution in [0.4, 0.5) is 5.69 Å². The van der Waals surface area contributed by atoms with Gasteiger partial charge in [-0.15, -0.1) is 0 Å². The molecule has 5 heteroatoms. The summed E-state index contributed by atoms with van der Waals surface area (Å²) in [5, 5.41) is 3.57. The maximum Gasteiger partial charge on any atom is 0.309 e. The van der Waals surface area contributed by atoms with Crippen LogP contribution in [0.5, 0.6) is 5.75 Å². The molecule has 5 nitrogen and oxygen atoms in total. The number of rotatable bonds is 4. The predicted octanol–water partition coefficient (Wildman–Crippen LogP) is 3.89. The number of esters is 1.